The highest BCUT2D eigenvalue weighted by molar-refractivity contribution is 5.72. The number of benzene rings is 1. The Labute approximate surface area is 184 Å². The van der Waals surface area contributed by atoms with Crippen LogP contribution in [0.15, 0.2) is 24.3 Å². The molecule has 1 N–H and O–H groups in total. The van der Waals surface area contributed by atoms with Crippen molar-refractivity contribution in [2.75, 3.05) is 40.2 Å². The number of nitrogens with zero attached hydrogens (tertiary/aromatic N) is 4. The van der Waals surface area contributed by atoms with E-state index in [0.29, 0.717) is 6.54 Å². The molecule has 0 aliphatic carbocycles. The van der Waals surface area contributed by atoms with Crippen LogP contribution in [0.2, 0.25) is 0 Å². The van der Waals surface area contributed by atoms with Gasteiger partial charge in [-0.05, 0) is 25.5 Å². The van der Waals surface area contributed by atoms with Crippen LogP contribution in [0.4, 0.5) is 5.82 Å². The number of carbonyl (C=O) groups excluding carboxylic acids is 1. The maximum Gasteiger partial charge on any atom is 0.219 e. The van der Waals surface area contributed by atoms with Crippen molar-refractivity contribution in [2.45, 2.75) is 45.3 Å². The second-order valence-electron chi connectivity index (χ2n) is 7.86. The normalized spacial score (nSPS) is 16.6. The van der Waals surface area contributed by atoms with Crippen molar-refractivity contribution in [2.24, 2.45) is 0 Å². The number of aromatic nitrogens is 2. The number of carbonyl (C=O) groups is 1. The number of ether oxygens (including phenoxy) is 2. The largest absolute Gasteiger partial charge is 0.493 e. The number of anilines is 1. The third-order valence-electron chi connectivity index (χ3n) is 5.76. The minimum Gasteiger partial charge on any atom is -0.493 e. The Morgan fingerprint density at radius 3 is 2.74 bits per heavy atom. The SMILES string of the molecule is CNc1cc(CN(C)C(C)=O)nc([C@H]2CCCCN2Cc2cccc(OC)c2OC)n1. The summed E-state index contributed by atoms with van der Waals surface area (Å²) in [6, 6.07) is 7.97. The Morgan fingerprint density at radius 1 is 1.26 bits per heavy atom. The van der Waals surface area contributed by atoms with Crippen molar-refractivity contribution < 1.29 is 14.3 Å². The molecule has 0 radical (unpaired) electrons. The van der Waals surface area contributed by atoms with Gasteiger partial charge < -0.3 is 19.7 Å². The average Bonchev–Trinajstić information content (AvgIpc) is 2.78. The fraction of sp³-hybridized carbons (Fsp3) is 0.522. The van der Waals surface area contributed by atoms with Gasteiger partial charge in [0.2, 0.25) is 5.91 Å². The highest BCUT2D eigenvalue weighted by Gasteiger charge is 2.28. The van der Waals surface area contributed by atoms with Crippen molar-refractivity contribution in [3.8, 4) is 11.5 Å². The monoisotopic (exact) mass is 427 g/mol. The van der Waals surface area contributed by atoms with Crippen LogP contribution < -0.4 is 14.8 Å². The molecule has 3 rings (SSSR count). The van der Waals surface area contributed by atoms with Gasteiger partial charge in [-0.3, -0.25) is 9.69 Å². The van der Waals surface area contributed by atoms with E-state index in [2.05, 4.69) is 16.3 Å². The van der Waals surface area contributed by atoms with Gasteiger partial charge in [0, 0.05) is 39.2 Å². The molecule has 1 aromatic heterocycles. The second-order valence-corrected chi connectivity index (χ2v) is 7.86. The molecule has 0 unspecified atom stereocenters. The molecule has 0 saturated carbocycles. The number of piperidine rings is 1. The lowest BCUT2D eigenvalue weighted by atomic mass is 10.00. The summed E-state index contributed by atoms with van der Waals surface area (Å²) in [6.07, 6.45) is 3.25. The quantitative estimate of drug-likeness (QED) is 0.693. The third-order valence-corrected chi connectivity index (χ3v) is 5.76. The molecular weight excluding hydrogens is 394 g/mol. The summed E-state index contributed by atoms with van der Waals surface area (Å²) in [6.45, 7) is 3.70. The van der Waals surface area contributed by atoms with E-state index in [-0.39, 0.29) is 11.9 Å². The number of nitrogens with one attached hydrogen (secondary N) is 1. The first-order valence-electron chi connectivity index (χ1n) is 10.7. The molecule has 8 heteroatoms. The summed E-state index contributed by atoms with van der Waals surface area (Å²) in [5.41, 5.74) is 1.91. The first kappa shape index (κ1) is 22.8. The predicted molar refractivity (Wildman–Crippen MR) is 120 cm³/mol. The van der Waals surface area contributed by atoms with E-state index in [4.69, 9.17) is 19.4 Å². The Hall–Kier alpha value is -2.87. The van der Waals surface area contributed by atoms with Gasteiger partial charge in [-0.2, -0.15) is 0 Å². The van der Waals surface area contributed by atoms with Crippen LogP contribution in [0.1, 0.15) is 49.3 Å². The van der Waals surface area contributed by atoms with Gasteiger partial charge >= 0.3 is 0 Å². The van der Waals surface area contributed by atoms with Gasteiger partial charge in [0.15, 0.2) is 11.5 Å². The smallest absolute Gasteiger partial charge is 0.219 e. The minimum atomic E-state index is 0.00980. The number of hydrogen-bond donors (Lipinski definition) is 1. The van der Waals surface area contributed by atoms with E-state index < -0.39 is 0 Å². The number of likely N-dealkylation sites (tertiary alicyclic amines) is 1. The highest BCUT2D eigenvalue weighted by atomic mass is 16.5. The maximum absolute atomic E-state index is 11.7. The fourth-order valence-electron chi connectivity index (χ4n) is 4.00. The Bertz CT molecular complexity index is 905. The average molecular weight is 428 g/mol. The van der Waals surface area contributed by atoms with E-state index in [0.717, 1.165) is 66.8 Å². The first-order chi connectivity index (χ1) is 15.0. The van der Waals surface area contributed by atoms with Crippen LogP contribution in [-0.4, -0.2) is 60.5 Å². The summed E-state index contributed by atoms with van der Waals surface area (Å²) in [5, 5.41) is 3.14. The summed E-state index contributed by atoms with van der Waals surface area (Å²) < 4.78 is 11.1. The zero-order valence-electron chi connectivity index (χ0n) is 19.1. The summed E-state index contributed by atoms with van der Waals surface area (Å²) in [5.74, 6) is 3.07. The maximum atomic E-state index is 11.7. The van der Waals surface area contributed by atoms with Crippen LogP contribution in [0, 0.1) is 0 Å². The minimum absolute atomic E-state index is 0.00980. The van der Waals surface area contributed by atoms with E-state index in [9.17, 15) is 4.79 Å². The molecule has 168 valence electrons. The summed E-state index contributed by atoms with van der Waals surface area (Å²) in [7, 11) is 6.96. The van der Waals surface area contributed by atoms with Crippen molar-refractivity contribution in [1.29, 1.82) is 0 Å². The fourth-order valence-corrected chi connectivity index (χ4v) is 4.00. The topological polar surface area (TPSA) is 79.8 Å². The molecule has 2 aromatic rings. The van der Waals surface area contributed by atoms with Gasteiger partial charge in [0.05, 0.1) is 32.5 Å². The number of para-hydroxylation sites is 1. The Balaban J connectivity index is 1.91. The predicted octanol–water partition coefficient (Wildman–Crippen LogP) is 3.24. The number of amides is 1. The molecule has 1 fully saturated rings. The van der Waals surface area contributed by atoms with Crippen LogP contribution in [-0.2, 0) is 17.9 Å². The molecule has 1 aromatic carbocycles. The molecule has 1 aliphatic heterocycles. The molecule has 0 spiro atoms. The molecule has 1 amide bonds. The first-order valence-corrected chi connectivity index (χ1v) is 10.7. The van der Waals surface area contributed by atoms with Crippen molar-refractivity contribution >= 4 is 11.7 Å². The molecule has 1 aliphatic rings. The van der Waals surface area contributed by atoms with Crippen LogP contribution in [0.25, 0.3) is 0 Å². The van der Waals surface area contributed by atoms with E-state index >= 15 is 0 Å². The van der Waals surface area contributed by atoms with E-state index in [1.807, 2.05) is 25.2 Å². The third kappa shape index (κ3) is 5.44. The van der Waals surface area contributed by atoms with E-state index in [1.165, 1.54) is 0 Å². The van der Waals surface area contributed by atoms with Crippen LogP contribution in [0.3, 0.4) is 0 Å². The molecule has 2 heterocycles. The summed E-state index contributed by atoms with van der Waals surface area (Å²) >= 11 is 0. The van der Waals surface area contributed by atoms with Crippen molar-refractivity contribution in [3.63, 3.8) is 0 Å². The van der Waals surface area contributed by atoms with Gasteiger partial charge in [0.1, 0.15) is 11.6 Å². The molecule has 0 bridgehead atoms. The van der Waals surface area contributed by atoms with E-state index in [1.54, 1.807) is 33.1 Å². The molecular formula is C23H33N5O3. The number of rotatable bonds is 8. The summed E-state index contributed by atoms with van der Waals surface area (Å²) in [4.78, 5) is 25.4. The zero-order valence-corrected chi connectivity index (χ0v) is 19.1. The standard InChI is InChI=1S/C23H33N5O3/c1-16(29)27(3)15-18-13-21(24-2)26-23(25-18)19-10-6-7-12-28(19)14-17-9-8-11-20(30-4)22(17)31-5/h8-9,11,13,19H,6-7,10,12,14-15H2,1-5H3,(H,24,25,26)/t19-/m1/s1. The second kappa shape index (κ2) is 10.4. The Morgan fingerprint density at radius 2 is 2.06 bits per heavy atom. The number of methoxy groups -OCH3 is 2. The van der Waals surface area contributed by atoms with Crippen LogP contribution in [0.5, 0.6) is 11.5 Å². The lowest BCUT2D eigenvalue weighted by Gasteiger charge is -2.35. The van der Waals surface area contributed by atoms with Gasteiger partial charge in [-0.1, -0.05) is 18.6 Å². The Kier molecular flexibility index (Phi) is 7.68. The molecule has 31 heavy (non-hydrogen) atoms. The molecule has 1 atom stereocenters. The van der Waals surface area contributed by atoms with Crippen molar-refractivity contribution in [1.82, 2.24) is 19.8 Å². The van der Waals surface area contributed by atoms with Crippen molar-refractivity contribution in [3.05, 3.63) is 41.3 Å². The van der Waals surface area contributed by atoms with Crippen LogP contribution >= 0.6 is 0 Å². The molecule has 8 nitrogen and oxygen atoms in total. The van der Waals surface area contributed by atoms with Gasteiger partial charge in [0.25, 0.3) is 0 Å². The number of hydrogen-bond acceptors (Lipinski definition) is 7. The lowest BCUT2D eigenvalue weighted by Crippen LogP contribution is -2.34. The zero-order chi connectivity index (χ0) is 22.4. The molecule has 1 saturated heterocycles. The lowest BCUT2D eigenvalue weighted by molar-refractivity contribution is -0.128. The van der Waals surface area contributed by atoms with Gasteiger partial charge in [-0.25, -0.2) is 9.97 Å². The van der Waals surface area contributed by atoms with Gasteiger partial charge in [-0.15, -0.1) is 0 Å². The highest BCUT2D eigenvalue weighted by Crippen LogP contribution is 2.36.